The first-order valence-corrected chi connectivity index (χ1v) is 6.97. The molecule has 0 aliphatic rings. The lowest BCUT2D eigenvalue weighted by atomic mass is 10.2. The highest BCUT2D eigenvalue weighted by atomic mass is 19.4. The maximum absolute atomic E-state index is 12.6. The van der Waals surface area contributed by atoms with Crippen LogP contribution >= 0.6 is 0 Å². The molecule has 0 fully saturated rings. The van der Waals surface area contributed by atoms with Gasteiger partial charge in [0.15, 0.2) is 11.5 Å². The number of aromatic nitrogens is 4. The van der Waals surface area contributed by atoms with Crippen molar-refractivity contribution in [3.63, 3.8) is 0 Å². The second-order valence-electron chi connectivity index (χ2n) is 4.85. The topological polar surface area (TPSA) is 98.8 Å². The summed E-state index contributed by atoms with van der Waals surface area (Å²) in [6, 6.07) is 4.53. The van der Waals surface area contributed by atoms with Crippen LogP contribution < -0.4 is 10.6 Å². The average Bonchev–Trinajstić information content (AvgIpc) is 3.01. The third-order valence-corrected chi connectivity index (χ3v) is 3.16. The van der Waals surface area contributed by atoms with E-state index in [2.05, 4.69) is 30.6 Å². The van der Waals surface area contributed by atoms with E-state index >= 15 is 0 Å². The molecule has 0 aliphatic carbocycles. The van der Waals surface area contributed by atoms with E-state index in [1.54, 1.807) is 0 Å². The molecule has 2 aromatic heterocycles. The van der Waals surface area contributed by atoms with E-state index in [1.165, 1.54) is 18.5 Å². The molecule has 0 unspecified atom stereocenters. The molecule has 0 saturated carbocycles. The Balaban J connectivity index is 1.86. The first-order chi connectivity index (χ1) is 11.5. The molecule has 0 aliphatic heterocycles. The summed E-state index contributed by atoms with van der Waals surface area (Å²) in [6.07, 6.45) is -2.93. The van der Waals surface area contributed by atoms with E-state index in [0.717, 1.165) is 12.1 Å². The Morgan fingerprint density at radius 1 is 1.12 bits per heavy atom. The normalized spacial score (nSPS) is 11.7. The summed E-state index contributed by atoms with van der Waals surface area (Å²) in [7, 11) is 0. The van der Waals surface area contributed by atoms with Gasteiger partial charge in [-0.25, -0.2) is 4.98 Å². The molecule has 7 nitrogen and oxygen atoms in total. The fraction of sp³-hybridized carbons (Fsp3) is 0.214. The Morgan fingerprint density at radius 2 is 1.88 bits per heavy atom. The van der Waals surface area contributed by atoms with Gasteiger partial charge in [0.25, 0.3) is 0 Å². The number of anilines is 3. The SMILES string of the molecule is OCCNc1nc(Nc2ccc(C(F)(F)F)cc2)nc2nc[nH]c12. The van der Waals surface area contributed by atoms with E-state index in [-0.39, 0.29) is 19.1 Å². The van der Waals surface area contributed by atoms with E-state index in [0.29, 0.717) is 22.7 Å². The van der Waals surface area contributed by atoms with Gasteiger partial charge < -0.3 is 20.7 Å². The summed E-state index contributed by atoms with van der Waals surface area (Å²) >= 11 is 0. The number of halogens is 3. The third-order valence-electron chi connectivity index (χ3n) is 3.16. The monoisotopic (exact) mass is 338 g/mol. The van der Waals surface area contributed by atoms with Gasteiger partial charge in [0.1, 0.15) is 5.52 Å². The highest BCUT2D eigenvalue weighted by Gasteiger charge is 2.29. The molecule has 10 heteroatoms. The summed E-state index contributed by atoms with van der Waals surface area (Å²) in [6.45, 7) is 0.201. The highest BCUT2D eigenvalue weighted by Crippen LogP contribution is 2.30. The van der Waals surface area contributed by atoms with Crippen LogP contribution in [-0.4, -0.2) is 38.2 Å². The van der Waals surface area contributed by atoms with E-state index in [4.69, 9.17) is 5.11 Å². The maximum atomic E-state index is 12.6. The number of nitrogens with one attached hydrogen (secondary N) is 3. The third kappa shape index (κ3) is 3.38. The van der Waals surface area contributed by atoms with Crippen molar-refractivity contribution in [2.75, 3.05) is 23.8 Å². The van der Waals surface area contributed by atoms with Crippen molar-refractivity contribution in [1.82, 2.24) is 19.9 Å². The number of hydrogen-bond donors (Lipinski definition) is 4. The zero-order valence-corrected chi connectivity index (χ0v) is 12.2. The van der Waals surface area contributed by atoms with Crippen LogP contribution in [0.4, 0.5) is 30.6 Å². The van der Waals surface area contributed by atoms with Gasteiger partial charge in [0, 0.05) is 12.2 Å². The number of nitrogens with zero attached hydrogens (tertiary/aromatic N) is 3. The van der Waals surface area contributed by atoms with Gasteiger partial charge in [-0.15, -0.1) is 0 Å². The first-order valence-electron chi connectivity index (χ1n) is 6.97. The van der Waals surface area contributed by atoms with Crippen LogP contribution in [0.25, 0.3) is 11.2 Å². The van der Waals surface area contributed by atoms with Crippen molar-refractivity contribution in [1.29, 1.82) is 0 Å². The van der Waals surface area contributed by atoms with Gasteiger partial charge in [-0.3, -0.25) is 0 Å². The predicted octanol–water partition coefficient (Wildman–Crippen LogP) is 2.52. The molecule has 0 spiro atoms. The van der Waals surface area contributed by atoms with Crippen LogP contribution in [0.1, 0.15) is 5.56 Å². The second kappa shape index (κ2) is 6.32. The standard InChI is InChI=1S/C14H13F3N6O/c15-14(16,17)8-1-3-9(4-2-8)21-13-22-11(18-5-6-24)10-12(23-13)20-7-19-10/h1-4,7,24H,5-6H2,(H3,18,19,20,21,22,23). The number of imidazole rings is 1. The van der Waals surface area contributed by atoms with Crippen LogP contribution in [-0.2, 0) is 6.18 Å². The average molecular weight is 338 g/mol. The minimum Gasteiger partial charge on any atom is -0.395 e. The second-order valence-corrected chi connectivity index (χ2v) is 4.85. The first kappa shape index (κ1) is 16.0. The molecule has 24 heavy (non-hydrogen) atoms. The smallest absolute Gasteiger partial charge is 0.395 e. The summed E-state index contributed by atoms with van der Waals surface area (Å²) in [5.74, 6) is 0.607. The number of aromatic amines is 1. The molecule has 4 N–H and O–H groups in total. The van der Waals surface area contributed by atoms with Crippen molar-refractivity contribution in [3.05, 3.63) is 36.2 Å². The number of aliphatic hydroxyl groups excluding tert-OH is 1. The van der Waals surface area contributed by atoms with Crippen LogP contribution in [0.15, 0.2) is 30.6 Å². The number of H-pyrrole nitrogens is 1. The molecule has 0 radical (unpaired) electrons. The Hall–Kier alpha value is -2.88. The van der Waals surface area contributed by atoms with E-state index in [9.17, 15) is 13.2 Å². The molecule has 0 bridgehead atoms. The van der Waals surface area contributed by atoms with Crippen LogP contribution in [0.2, 0.25) is 0 Å². The molecule has 3 rings (SSSR count). The number of alkyl halides is 3. The van der Waals surface area contributed by atoms with Gasteiger partial charge in [0.05, 0.1) is 18.5 Å². The summed E-state index contributed by atoms with van der Waals surface area (Å²) in [5, 5.41) is 14.7. The Morgan fingerprint density at radius 3 is 2.54 bits per heavy atom. The van der Waals surface area contributed by atoms with Crippen molar-refractivity contribution >= 4 is 28.6 Å². The molecule has 0 saturated heterocycles. The zero-order chi connectivity index (χ0) is 17.2. The molecule has 0 atom stereocenters. The quantitative estimate of drug-likeness (QED) is 0.571. The summed E-state index contributed by atoms with van der Waals surface area (Å²) in [5.41, 5.74) is 0.634. The Labute approximate surface area is 134 Å². The molecule has 1 aromatic carbocycles. The molecule has 0 amide bonds. The summed E-state index contributed by atoms with van der Waals surface area (Å²) in [4.78, 5) is 15.3. The Bertz CT molecular complexity index is 831. The van der Waals surface area contributed by atoms with Gasteiger partial charge in [-0.2, -0.15) is 23.1 Å². The van der Waals surface area contributed by atoms with Crippen LogP contribution in [0.5, 0.6) is 0 Å². The predicted molar refractivity (Wildman–Crippen MR) is 82.0 cm³/mol. The number of hydrogen-bond acceptors (Lipinski definition) is 6. The molecule has 2 heterocycles. The lowest BCUT2D eigenvalue weighted by molar-refractivity contribution is -0.137. The maximum Gasteiger partial charge on any atom is 0.416 e. The largest absolute Gasteiger partial charge is 0.416 e. The fourth-order valence-electron chi connectivity index (χ4n) is 2.06. The van der Waals surface area contributed by atoms with Gasteiger partial charge in [-0.05, 0) is 24.3 Å². The van der Waals surface area contributed by atoms with Crippen molar-refractivity contribution in [2.45, 2.75) is 6.18 Å². The molecular formula is C14H13F3N6O. The fourth-order valence-corrected chi connectivity index (χ4v) is 2.06. The van der Waals surface area contributed by atoms with Crippen molar-refractivity contribution in [3.8, 4) is 0 Å². The molecular weight excluding hydrogens is 325 g/mol. The molecule has 3 aromatic rings. The minimum absolute atomic E-state index is 0.0820. The Kier molecular flexibility index (Phi) is 4.21. The summed E-state index contributed by atoms with van der Waals surface area (Å²) < 4.78 is 37.7. The minimum atomic E-state index is -4.38. The number of rotatable bonds is 5. The number of aliphatic hydroxyl groups is 1. The van der Waals surface area contributed by atoms with E-state index in [1.807, 2.05) is 0 Å². The van der Waals surface area contributed by atoms with Crippen LogP contribution in [0, 0.1) is 0 Å². The molecule has 126 valence electrons. The van der Waals surface area contributed by atoms with Gasteiger partial charge in [0.2, 0.25) is 5.95 Å². The lowest BCUT2D eigenvalue weighted by Gasteiger charge is -2.10. The van der Waals surface area contributed by atoms with Gasteiger partial charge in [-0.1, -0.05) is 0 Å². The van der Waals surface area contributed by atoms with E-state index < -0.39 is 11.7 Å². The van der Waals surface area contributed by atoms with Gasteiger partial charge >= 0.3 is 6.18 Å². The highest BCUT2D eigenvalue weighted by molar-refractivity contribution is 5.84. The lowest BCUT2D eigenvalue weighted by Crippen LogP contribution is -2.09. The van der Waals surface area contributed by atoms with Crippen molar-refractivity contribution < 1.29 is 18.3 Å². The van der Waals surface area contributed by atoms with Crippen molar-refractivity contribution in [2.24, 2.45) is 0 Å². The number of benzene rings is 1. The van der Waals surface area contributed by atoms with Crippen LogP contribution in [0.3, 0.4) is 0 Å². The zero-order valence-electron chi connectivity index (χ0n) is 12.2. The number of fused-ring (bicyclic) bond motifs is 1.